The summed E-state index contributed by atoms with van der Waals surface area (Å²) in [7, 11) is 3.41. The van der Waals surface area contributed by atoms with E-state index in [2.05, 4.69) is 20.4 Å². The maximum atomic E-state index is 11.6. The van der Waals surface area contributed by atoms with Gasteiger partial charge in [0.05, 0.1) is 6.20 Å². The van der Waals surface area contributed by atoms with E-state index in [1.165, 1.54) is 4.90 Å². The highest BCUT2D eigenvalue weighted by atomic mass is 16.2. The van der Waals surface area contributed by atoms with Gasteiger partial charge in [-0.15, -0.1) is 0 Å². The van der Waals surface area contributed by atoms with Crippen molar-refractivity contribution in [3.63, 3.8) is 0 Å². The molecule has 2 heterocycles. The molecule has 78 valence electrons. The van der Waals surface area contributed by atoms with Gasteiger partial charge in [-0.3, -0.25) is 4.79 Å². The molecule has 15 heavy (non-hydrogen) atoms. The number of hydrogen-bond acceptors (Lipinski definition) is 3. The van der Waals surface area contributed by atoms with Crippen LogP contribution >= 0.6 is 0 Å². The summed E-state index contributed by atoms with van der Waals surface area (Å²) >= 11 is 0. The maximum absolute atomic E-state index is 11.6. The number of H-pyrrole nitrogens is 2. The quantitative estimate of drug-likeness (QED) is 0.749. The molecule has 0 aliphatic carbocycles. The van der Waals surface area contributed by atoms with Crippen molar-refractivity contribution in [1.29, 1.82) is 0 Å². The number of amides is 1. The van der Waals surface area contributed by atoms with Crippen molar-refractivity contribution in [2.45, 2.75) is 0 Å². The van der Waals surface area contributed by atoms with Gasteiger partial charge in [0, 0.05) is 25.9 Å². The van der Waals surface area contributed by atoms with Crippen LogP contribution in [0.2, 0.25) is 0 Å². The van der Waals surface area contributed by atoms with Crippen LogP contribution in [-0.2, 0) is 0 Å². The number of carbonyl (C=O) groups excluding carboxylic acids is 1. The first-order valence-electron chi connectivity index (χ1n) is 4.44. The minimum absolute atomic E-state index is 0.0651. The Morgan fingerprint density at radius 1 is 1.47 bits per heavy atom. The van der Waals surface area contributed by atoms with Gasteiger partial charge in [-0.05, 0) is 6.07 Å². The first-order valence-corrected chi connectivity index (χ1v) is 4.44. The summed E-state index contributed by atoms with van der Waals surface area (Å²) in [5.74, 6) is -0.0651. The Labute approximate surface area is 86.3 Å². The van der Waals surface area contributed by atoms with E-state index in [1.807, 2.05) is 0 Å². The van der Waals surface area contributed by atoms with Crippen molar-refractivity contribution in [2.75, 3.05) is 14.1 Å². The number of hydrogen-bond donors (Lipinski definition) is 2. The molecule has 0 fully saturated rings. The standard InChI is InChI=1S/C9H11N5O/c1-14(2)9(15)7-3-6(4-10-7)8-5-11-13-12-8/h3-5,10H,1-2H3,(H,11,12,13). The van der Waals surface area contributed by atoms with Crippen LogP contribution < -0.4 is 0 Å². The highest BCUT2D eigenvalue weighted by Crippen LogP contribution is 2.16. The summed E-state index contributed by atoms with van der Waals surface area (Å²) in [6.07, 6.45) is 3.33. The molecule has 2 rings (SSSR count). The lowest BCUT2D eigenvalue weighted by molar-refractivity contribution is 0.0822. The van der Waals surface area contributed by atoms with E-state index in [9.17, 15) is 4.79 Å². The molecule has 0 aliphatic rings. The van der Waals surface area contributed by atoms with E-state index >= 15 is 0 Å². The monoisotopic (exact) mass is 205 g/mol. The molecular formula is C9H11N5O. The Morgan fingerprint density at radius 3 is 2.87 bits per heavy atom. The van der Waals surface area contributed by atoms with Crippen LogP contribution in [-0.4, -0.2) is 45.3 Å². The van der Waals surface area contributed by atoms with Crippen LogP contribution in [0.4, 0.5) is 0 Å². The summed E-state index contributed by atoms with van der Waals surface area (Å²) in [6, 6.07) is 1.75. The molecule has 0 bridgehead atoms. The lowest BCUT2D eigenvalue weighted by atomic mass is 10.2. The maximum Gasteiger partial charge on any atom is 0.269 e. The molecule has 0 saturated carbocycles. The van der Waals surface area contributed by atoms with Crippen LogP contribution in [0, 0.1) is 0 Å². The van der Waals surface area contributed by atoms with Crippen molar-refractivity contribution < 1.29 is 4.79 Å². The number of aromatic amines is 2. The SMILES string of the molecule is CN(C)C(=O)c1cc(-c2cn[nH]n2)c[nH]1. The van der Waals surface area contributed by atoms with Crippen LogP contribution in [0.3, 0.4) is 0 Å². The van der Waals surface area contributed by atoms with Crippen molar-refractivity contribution in [2.24, 2.45) is 0 Å². The van der Waals surface area contributed by atoms with E-state index in [0.29, 0.717) is 11.4 Å². The molecule has 0 spiro atoms. The number of rotatable bonds is 2. The fraction of sp³-hybridized carbons (Fsp3) is 0.222. The molecule has 6 heteroatoms. The second-order valence-corrected chi connectivity index (χ2v) is 3.36. The molecule has 2 aromatic rings. The third-order valence-electron chi connectivity index (χ3n) is 2.03. The van der Waals surface area contributed by atoms with Crippen molar-refractivity contribution >= 4 is 5.91 Å². The Morgan fingerprint density at radius 2 is 2.27 bits per heavy atom. The van der Waals surface area contributed by atoms with E-state index in [4.69, 9.17) is 0 Å². The first-order chi connectivity index (χ1) is 7.18. The Hall–Kier alpha value is -2.11. The van der Waals surface area contributed by atoms with Gasteiger partial charge in [-0.1, -0.05) is 0 Å². The van der Waals surface area contributed by atoms with Gasteiger partial charge in [0.1, 0.15) is 11.4 Å². The Balaban J connectivity index is 2.29. The second kappa shape index (κ2) is 3.56. The van der Waals surface area contributed by atoms with Gasteiger partial charge >= 0.3 is 0 Å². The first kappa shape index (κ1) is 9.45. The van der Waals surface area contributed by atoms with Crippen molar-refractivity contribution in [3.05, 3.63) is 24.2 Å². The van der Waals surface area contributed by atoms with Gasteiger partial charge < -0.3 is 9.88 Å². The highest BCUT2D eigenvalue weighted by molar-refractivity contribution is 5.93. The fourth-order valence-corrected chi connectivity index (χ4v) is 1.25. The fourth-order valence-electron chi connectivity index (χ4n) is 1.25. The zero-order valence-electron chi connectivity index (χ0n) is 8.48. The zero-order valence-corrected chi connectivity index (χ0v) is 8.48. The van der Waals surface area contributed by atoms with Crippen LogP contribution in [0.15, 0.2) is 18.5 Å². The van der Waals surface area contributed by atoms with E-state index in [0.717, 1.165) is 5.56 Å². The molecule has 6 nitrogen and oxygen atoms in total. The molecule has 0 atom stereocenters. The average Bonchev–Trinajstić information content (AvgIpc) is 2.86. The van der Waals surface area contributed by atoms with Crippen LogP contribution in [0.1, 0.15) is 10.5 Å². The highest BCUT2D eigenvalue weighted by Gasteiger charge is 2.11. The molecular weight excluding hydrogens is 194 g/mol. The Kier molecular flexibility index (Phi) is 2.24. The summed E-state index contributed by atoms with van der Waals surface area (Å²) in [5, 5.41) is 10.1. The predicted octanol–water partition coefficient (Wildman–Crippen LogP) is 0.502. The summed E-state index contributed by atoms with van der Waals surface area (Å²) in [5.41, 5.74) is 2.09. The van der Waals surface area contributed by atoms with Gasteiger partial charge in [0.25, 0.3) is 5.91 Å². The van der Waals surface area contributed by atoms with Gasteiger partial charge in [-0.2, -0.15) is 15.4 Å². The Bertz CT molecular complexity index is 457. The topological polar surface area (TPSA) is 77.7 Å². The molecule has 0 saturated heterocycles. The predicted molar refractivity (Wildman–Crippen MR) is 54.2 cm³/mol. The number of nitrogens with one attached hydrogen (secondary N) is 2. The average molecular weight is 205 g/mol. The van der Waals surface area contributed by atoms with E-state index in [1.54, 1.807) is 32.6 Å². The van der Waals surface area contributed by atoms with Gasteiger partial charge in [-0.25, -0.2) is 0 Å². The lowest BCUT2D eigenvalue weighted by Crippen LogP contribution is -2.21. The molecule has 1 amide bonds. The number of aromatic nitrogens is 4. The zero-order chi connectivity index (χ0) is 10.8. The minimum Gasteiger partial charge on any atom is -0.357 e. The van der Waals surface area contributed by atoms with Gasteiger partial charge in [0.15, 0.2) is 0 Å². The molecule has 0 aliphatic heterocycles. The van der Waals surface area contributed by atoms with Gasteiger partial charge in [0.2, 0.25) is 0 Å². The molecule has 2 aromatic heterocycles. The molecule has 0 aromatic carbocycles. The second-order valence-electron chi connectivity index (χ2n) is 3.36. The number of carbonyl (C=O) groups is 1. The normalized spacial score (nSPS) is 10.3. The van der Waals surface area contributed by atoms with Crippen molar-refractivity contribution in [1.82, 2.24) is 25.3 Å². The van der Waals surface area contributed by atoms with Crippen LogP contribution in [0.5, 0.6) is 0 Å². The third kappa shape index (κ3) is 1.74. The third-order valence-corrected chi connectivity index (χ3v) is 2.03. The van der Waals surface area contributed by atoms with E-state index in [-0.39, 0.29) is 5.91 Å². The smallest absolute Gasteiger partial charge is 0.269 e. The molecule has 0 unspecified atom stereocenters. The van der Waals surface area contributed by atoms with E-state index < -0.39 is 0 Å². The summed E-state index contributed by atoms with van der Waals surface area (Å²) in [6.45, 7) is 0. The summed E-state index contributed by atoms with van der Waals surface area (Å²) < 4.78 is 0. The largest absolute Gasteiger partial charge is 0.357 e. The summed E-state index contributed by atoms with van der Waals surface area (Å²) in [4.78, 5) is 16.0. The number of nitrogens with zero attached hydrogens (tertiary/aromatic N) is 3. The molecule has 2 N–H and O–H groups in total. The minimum atomic E-state index is -0.0651. The van der Waals surface area contributed by atoms with Crippen LogP contribution in [0.25, 0.3) is 11.3 Å². The lowest BCUT2D eigenvalue weighted by Gasteiger charge is -2.07. The van der Waals surface area contributed by atoms with Crippen molar-refractivity contribution in [3.8, 4) is 11.3 Å². The molecule has 0 radical (unpaired) electrons.